The van der Waals surface area contributed by atoms with Gasteiger partial charge in [0, 0.05) is 66.1 Å². The quantitative estimate of drug-likeness (QED) is 0.0155. The summed E-state index contributed by atoms with van der Waals surface area (Å²) in [7, 11) is -4.33. The number of aliphatic hydroxyl groups is 2. The number of piperidine rings is 1. The minimum absolute atomic E-state index is 0. The van der Waals surface area contributed by atoms with Gasteiger partial charge >= 0.3 is 28.2 Å². The van der Waals surface area contributed by atoms with E-state index in [1.54, 1.807) is 61.0 Å². The van der Waals surface area contributed by atoms with Gasteiger partial charge in [0.15, 0.2) is 5.78 Å². The number of urea groups is 1. The van der Waals surface area contributed by atoms with Crippen molar-refractivity contribution in [2.24, 2.45) is 28.6 Å². The van der Waals surface area contributed by atoms with E-state index in [1.807, 2.05) is 0 Å². The molecule has 6 atom stereocenters. The average Bonchev–Trinajstić information content (AvgIpc) is 4.11. The molecule has 24 nitrogen and oxygen atoms in total. The summed E-state index contributed by atoms with van der Waals surface area (Å²) < 4.78 is 88.5. The van der Waals surface area contributed by atoms with Crippen LogP contribution in [-0.2, 0) is 65.4 Å². The summed E-state index contributed by atoms with van der Waals surface area (Å²) in [6, 6.07) is 12.1. The van der Waals surface area contributed by atoms with E-state index in [0.717, 1.165) is 12.1 Å². The van der Waals surface area contributed by atoms with E-state index in [-0.39, 0.29) is 133 Å². The maximum absolute atomic E-state index is 13.9. The van der Waals surface area contributed by atoms with Crippen molar-refractivity contribution < 1.29 is 83.5 Å². The van der Waals surface area contributed by atoms with Crippen LogP contribution in [0.15, 0.2) is 78.0 Å². The molecule has 0 radical (unpaired) electrons. The first kappa shape index (κ1) is 63.3. The molecule has 1 aliphatic heterocycles. The fourth-order valence-electron chi connectivity index (χ4n) is 9.39. The summed E-state index contributed by atoms with van der Waals surface area (Å²) in [5, 5.41) is 42.5. The van der Waals surface area contributed by atoms with Gasteiger partial charge in [-0.2, -0.15) is 21.6 Å². The van der Waals surface area contributed by atoms with Crippen LogP contribution < -0.4 is 36.7 Å². The Kier molecular flexibility index (Phi) is 22.0. The maximum atomic E-state index is 13.9. The molecule has 10 N–H and O–H groups in total. The molecule has 2 aromatic heterocycles. The number of benzene rings is 2. The Balaban J connectivity index is 0.0000106. The number of ether oxygens (including phenoxy) is 3. The molecular formula is C53H69F3N10O14S. The summed E-state index contributed by atoms with van der Waals surface area (Å²) in [6.45, 7) is 4.67. The number of alkyl halides is 3. The highest BCUT2D eigenvalue weighted by atomic mass is 32.2. The molecule has 2 aromatic carbocycles. The molecule has 81 heavy (non-hydrogen) atoms. The smallest absolute Gasteiger partial charge is 0.390 e. The van der Waals surface area contributed by atoms with Crippen molar-refractivity contribution in [2.75, 3.05) is 70.0 Å². The molecule has 4 aromatic rings. The molecule has 1 fully saturated rings. The number of likely N-dealkylation sites (tertiary alicyclic amines) is 1. The molecule has 0 unspecified atom stereocenters. The number of carbonyl (C=O) groups excluding carboxylic acids is 6. The Labute approximate surface area is 465 Å². The van der Waals surface area contributed by atoms with Gasteiger partial charge in [0.05, 0.1) is 88.8 Å². The van der Waals surface area contributed by atoms with Gasteiger partial charge in [0.2, 0.25) is 17.6 Å². The Bertz CT molecular complexity index is 3030. The molecule has 1 saturated carbocycles. The van der Waals surface area contributed by atoms with Gasteiger partial charge in [-0.05, 0) is 55.0 Å². The number of Topliss-reactive ketones (excluding diaryl/α,β-unsaturated/α-hetero) is 1. The van der Waals surface area contributed by atoms with E-state index in [0.29, 0.717) is 40.9 Å². The van der Waals surface area contributed by atoms with Crippen molar-refractivity contribution >= 4 is 62.9 Å². The number of hydrogen-bond acceptors (Lipinski definition) is 16. The van der Waals surface area contributed by atoms with Gasteiger partial charge in [-0.1, -0.05) is 47.7 Å². The second-order valence-electron chi connectivity index (χ2n) is 20.0. The lowest BCUT2D eigenvalue weighted by molar-refractivity contribution is -0.665. The standard InChI is InChI=1S/C52H65F3N10O14S.CH3/c1-30(2)45(61-43(67)13-17-76-19-21-78-22-20-77-18-16-64-49(71)37-26-38(37)50(64)72)41(66)25-33(6-4-14-58-51(56)73)48(70)59-36-10-8-31(9-11-36)28-63-15-12-42(60-40-24-34(46(68)47(40)69)29-79-80(57,74)75)65-44(63)27-39(62-65)32-5-3-7-35(23-32)52(53,54)55;/h3,5,7-12,15,23,27,30,33-34,40,45-47,68-69H,4,6,13-14,16-22,24-26,28-29H2,1-2H3,(H7,56,57,58,59,61,67,70,73,74,75);1H3/q;-1/p+1/t33-,34-,40-,45+,46-,47+;/m1./s1. The monoisotopic (exact) mass is 1160 g/mol. The fraction of sp³-hybridized carbons (Fsp3) is 0.491. The first-order chi connectivity index (χ1) is 38.0. The summed E-state index contributed by atoms with van der Waals surface area (Å²) in [6.07, 6.45) is -5.01. The van der Waals surface area contributed by atoms with Crippen molar-refractivity contribution in [2.45, 2.75) is 89.4 Å². The van der Waals surface area contributed by atoms with Gasteiger partial charge in [0.25, 0.3) is 11.8 Å². The second kappa shape index (κ2) is 28.2. The van der Waals surface area contributed by atoms with Crippen LogP contribution in [0.4, 0.5) is 29.5 Å². The van der Waals surface area contributed by atoms with E-state index in [4.69, 9.17) is 25.1 Å². The van der Waals surface area contributed by atoms with Gasteiger partial charge in [-0.25, -0.2) is 14.5 Å². The molecule has 442 valence electrons. The highest BCUT2D eigenvalue weighted by molar-refractivity contribution is 7.84. The number of nitrogens with two attached hydrogens (primary N) is 2. The molecule has 6 amide bonds. The van der Waals surface area contributed by atoms with Crippen molar-refractivity contribution in [1.82, 2.24) is 25.1 Å². The van der Waals surface area contributed by atoms with Crippen LogP contribution in [0.3, 0.4) is 0 Å². The first-order valence-corrected chi connectivity index (χ1v) is 27.4. The molecule has 7 rings (SSSR count). The molecule has 2 aliphatic carbocycles. The normalized spacial score (nSPS) is 18.7. The van der Waals surface area contributed by atoms with Crippen molar-refractivity contribution in [3.63, 3.8) is 0 Å². The number of nitrogens with one attached hydrogen (secondary N) is 4. The zero-order chi connectivity index (χ0) is 57.9. The second-order valence-corrected chi connectivity index (χ2v) is 21.2. The lowest BCUT2D eigenvalue weighted by Gasteiger charge is -2.24. The third-order valence-electron chi connectivity index (χ3n) is 13.7. The highest BCUT2D eigenvalue weighted by Gasteiger charge is 2.47. The van der Waals surface area contributed by atoms with Crippen molar-refractivity contribution in [3.8, 4) is 11.3 Å². The van der Waals surface area contributed by atoms with Crippen LogP contribution in [-0.4, -0.2) is 152 Å². The number of imide groups is 1. The number of carbonyl (C=O) groups is 6. The SMILES string of the molecule is CC(C)[C@H](NC(=O)CCOCCOCCOCCN1C(=O)C2=C(C2)C1=O)C(=O)C[C@@H](CCCNC(N)=O)C(=O)Nc1ccc(C[n+]2ccc(N[C@@H]3C[C@H](COS(N)(=O)=O)[C@@H](O)[C@H]3O)n3nc(-c4cccc(C(F)(F)F)c4)cc32)cc1.[CH3-]. The van der Waals surface area contributed by atoms with Gasteiger partial charge in [0.1, 0.15) is 18.3 Å². The Morgan fingerprint density at radius 1 is 0.914 bits per heavy atom. The molecule has 3 aliphatic rings. The van der Waals surface area contributed by atoms with Crippen LogP contribution in [0.2, 0.25) is 0 Å². The van der Waals surface area contributed by atoms with Crippen LogP contribution >= 0.6 is 0 Å². The van der Waals surface area contributed by atoms with Crippen LogP contribution in [0.5, 0.6) is 0 Å². The molecule has 3 heterocycles. The summed E-state index contributed by atoms with van der Waals surface area (Å²) in [5.41, 5.74) is 7.36. The summed E-state index contributed by atoms with van der Waals surface area (Å²) in [5.74, 6) is -3.57. The zero-order valence-corrected chi connectivity index (χ0v) is 45.8. The van der Waals surface area contributed by atoms with Crippen molar-refractivity contribution in [3.05, 3.63) is 96.6 Å². The minimum atomic E-state index is -4.63. The number of aliphatic hydroxyl groups excluding tert-OH is 2. The third-order valence-corrected chi connectivity index (χ3v) is 14.2. The average molecular weight is 1160 g/mol. The number of fused-ring (bicyclic) bond motifs is 1. The largest absolute Gasteiger partial charge is 0.416 e. The van der Waals surface area contributed by atoms with E-state index >= 15 is 0 Å². The maximum Gasteiger partial charge on any atom is 0.416 e. The summed E-state index contributed by atoms with van der Waals surface area (Å²) >= 11 is 0. The van der Waals surface area contributed by atoms with E-state index in [9.17, 15) is 60.6 Å². The van der Waals surface area contributed by atoms with Crippen LogP contribution in [0.1, 0.15) is 63.5 Å². The van der Waals surface area contributed by atoms with Crippen LogP contribution in [0, 0.1) is 25.2 Å². The van der Waals surface area contributed by atoms with E-state index in [1.165, 1.54) is 21.5 Å². The predicted molar refractivity (Wildman–Crippen MR) is 285 cm³/mol. The van der Waals surface area contributed by atoms with E-state index < -0.39 is 82.6 Å². The third kappa shape index (κ3) is 17.5. The molecule has 0 saturated heterocycles. The fourth-order valence-corrected chi connectivity index (χ4v) is 9.75. The molecule has 0 bridgehead atoms. The lowest BCUT2D eigenvalue weighted by atomic mass is 9.89. The number of nitrogens with zero attached hydrogens (tertiary/aromatic N) is 4. The van der Waals surface area contributed by atoms with Crippen LogP contribution in [0.25, 0.3) is 16.9 Å². The Morgan fingerprint density at radius 2 is 1.58 bits per heavy atom. The zero-order valence-electron chi connectivity index (χ0n) is 45.0. The number of anilines is 2. The van der Waals surface area contributed by atoms with Gasteiger partial charge in [-0.3, -0.25) is 33.1 Å². The van der Waals surface area contributed by atoms with Crippen molar-refractivity contribution in [1.29, 1.82) is 0 Å². The first-order valence-electron chi connectivity index (χ1n) is 25.9. The van der Waals surface area contributed by atoms with E-state index in [2.05, 4.69) is 30.5 Å². The van der Waals surface area contributed by atoms with Gasteiger partial charge < -0.3 is 58.9 Å². The number of primary amides is 1. The number of rotatable bonds is 31. The number of hydrogen-bond donors (Lipinski definition) is 8. The summed E-state index contributed by atoms with van der Waals surface area (Å²) in [4.78, 5) is 77.3. The number of ketones is 1. The number of aromatic nitrogens is 3. The molecule has 0 spiro atoms. The predicted octanol–water partition coefficient (Wildman–Crippen LogP) is 2.16. The Hall–Kier alpha value is -6.92. The van der Waals surface area contributed by atoms with Gasteiger partial charge in [-0.15, -0.1) is 0 Å². The lowest BCUT2D eigenvalue weighted by Crippen LogP contribution is -2.45. The number of halogens is 3. The highest BCUT2D eigenvalue weighted by Crippen LogP contribution is 2.40. The molecule has 28 heteroatoms. The Morgan fingerprint density at radius 3 is 2.22 bits per heavy atom. The minimum Gasteiger partial charge on any atom is -0.390 e. The number of amides is 6. The molecular weight excluding hydrogens is 1090 g/mol. The topological polar surface area (TPSA) is 339 Å².